The van der Waals surface area contributed by atoms with Gasteiger partial charge in [0.2, 0.25) is 0 Å². The van der Waals surface area contributed by atoms with Crippen LogP contribution in [0.2, 0.25) is 5.02 Å². The van der Waals surface area contributed by atoms with Crippen LogP contribution < -0.4 is 9.62 Å². The van der Waals surface area contributed by atoms with Crippen molar-refractivity contribution in [2.75, 3.05) is 22.7 Å². The Kier molecular flexibility index (Phi) is 7.28. The van der Waals surface area contributed by atoms with Crippen LogP contribution >= 0.6 is 11.6 Å². The van der Waals surface area contributed by atoms with Gasteiger partial charge >= 0.3 is 5.97 Å². The van der Waals surface area contributed by atoms with Crippen LogP contribution in [0.15, 0.2) is 53.6 Å². The highest BCUT2D eigenvalue weighted by molar-refractivity contribution is 7.92. The van der Waals surface area contributed by atoms with Gasteiger partial charge in [-0.1, -0.05) is 35.9 Å². The molecule has 0 amide bonds. The van der Waals surface area contributed by atoms with Gasteiger partial charge in [-0.25, -0.2) is 9.97 Å². The number of sulfonamides is 1. The van der Waals surface area contributed by atoms with Gasteiger partial charge in [0, 0.05) is 25.1 Å². The van der Waals surface area contributed by atoms with E-state index in [0.29, 0.717) is 29.6 Å². The van der Waals surface area contributed by atoms with Crippen molar-refractivity contribution in [2.45, 2.75) is 38.1 Å². The summed E-state index contributed by atoms with van der Waals surface area (Å²) in [6.45, 7) is 5.16. The third-order valence-corrected chi connectivity index (χ3v) is 7.75. The topological polar surface area (TPSA) is 112 Å². The van der Waals surface area contributed by atoms with Crippen LogP contribution in [0.4, 0.5) is 11.6 Å². The third-order valence-electron chi connectivity index (χ3n) is 6.19. The molecule has 8 nitrogen and oxygen atoms in total. The molecule has 0 spiro atoms. The van der Waals surface area contributed by atoms with E-state index in [1.807, 2.05) is 36.9 Å². The van der Waals surface area contributed by atoms with Crippen molar-refractivity contribution in [1.82, 2.24) is 9.97 Å². The lowest BCUT2D eigenvalue weighted by Gasteiger charge is -2.32. The molecule has 35 heavy (non-hydrogen) atoms. The molecule has 1 aliphatic rings. The summed E-state index contributed by atoms with van der Waals surface area (Å²) >= 11 is 6.42. The average Bonchev–Trinajstić information content (AvgIpc) is 2.81. The van der Waals surface area contributed by atoms with Crippen molar-refractivity contribution < 1.29 is 18.3 Å². The van der Waals surface area contributed by atoms with E-state index in [9.17, 15) is 13.2 Å². The molecule has 1 saturated heterocycles. The Morgan fingerprint density at radius 3 is 2.37 bits per heavy atom. The van der Waals surface area contributed by atoms with E-state index in [4.69, 9.17) is 16.7 Å². The monoisotopic (exact) mass is 514 g/mol. The predicted octanol–water partition coefficient (Wildman–Crippen LogP) is 4.91. The van der Waals surface area contributed by atoms with Crippen LogP contribution in [-0.4, -0.2) is 42.6 Å². The maximum absolute atomic E-state index is 13.1. The molecule has 4 rings (SSSR count). The Morgan fingerprint density at radius 2 is 1.71 bits per heavy atom. The van der Waals surface area contributed by atoms with E-state index in [2.05, 4.69) is 14.7 Å². The molecule has 1 fully saturated rings. The molecule has 0 aliphatic carbocycles. The number of hydrogen-bond acceptors (Lipinski definition) is 6. The molecule has 184 valence electrons. The minimum absolute atomic E-state index is 0.118. The fourth-order valence-corrected chi connectivity index (χ4v) is 5.56. The van der Waals surface area contributed by atoms with Crippen molar-refractivity contribution in [3.63, 3.8) is 0 Å². The van der Waals surface area contributed by atoms with Crippen molar-refractivity contribution in [3.8, 4) is 11.3 Å². The molecule has 3 aromatic rings. The highest BCUT2D eigenvalue weighted by Crippen LogP contribution is 2.33. The first-order chi connectivity index (χ1) is 16.6. The van der Waals surface area contributed by atoms with E-state index in [-0.39, 0.29) is 23.2 Å². The lowest BCUT2D eigenvalue weighted by atomic mass is 9.94. The minimum atomic E-state index is -4.00. The minimum Gasteiger partial charge on any atom is -0.481 e. The zero-order chi connectivity index (χ0) is 25.2. The lowest BCUT2D eigenvalue weighted by Crippen LogP contribution is -2.35. The van der Waals surface area contributed by atoms with Crippen molar-refractivity contribution in [1.29, 1.82) is 0 Å². The Balaban J connectivity index is 1.55. The number of anilines is 2. The largest absolute Gasteiger partial charge is 0.481 e. The Morgan fingerprint density at radius 1 is 1.06 bits per heavy atom. The lowest BCUT2D eigenvalue weighted by molar-refractivity contribution is -0.138. The Hall–Kier alpha value is -3.17. The zero-order valence-electron chi connectivity index (χ0n) is 19.5. The van der Waals surface area contributed by atoms with Crippen molar-refractivity contribution >= 4 is 39.2 Å². The number of carbonyl (C=O) groups is 1. The summed E-state index contributed by atoms with van der Waals surface area (Å²) in [6, 6.07) is 13.8. The van der Waals surface area contributed by atoms with Gasteiger partial charge in [-0.15, -0.1) is 0 Å². The number of pyridine rings is 2. The third kappa shape index (κ3) is 5.74. The first-order valence-electron chi connectivity index (χ1n) is 11.3. The van der Waals surface area contributed by atoms with Gasteiger partial charge in [0.05, 0.1) is 10.7 Å². The van der Waals surface area contributed by atoms with Crippen LogP contribution in [0.5, 0.6) is 0 Å². The number of aromatic nitrogens is 2. The van der Waals surface area contributed by atoms with Gasteiger partial charge in [-0.05, 0) is 68.0 Å². The molecule has 10 heteroatoms. The molecule has 0 atom stereocenters. The van der Waals surface area contributed by atoms with Gasteiger partial charge in [0.25, 0.3) is 10.0 Å². The van der Waals surface area contributed by atoms with Gasteiger partial charge in [0.1, 0.15) is 11.6 Å². The van der Waals surface area contributed by atoms with Crippen LogP contribution in [0.1, 0.15) is 30.4 Å². The van der Waals surface area contributed by atoms with Gasteiger partial charge in [0.15, 0.2) is 5.03 Å². The number of aryl methyl sites for hydroxylation is 2. The second-order valence-corrected chi connectivity index (χ2v) is 10.8. The summed E-state index contributed by atoms with van der Waals surface area (Å²) in [5, 5.41) is 9.32. The van der Waals surface area contributed by atoms with E-state index >= 15 is 0 Å². The van der Waals surface area contributed by atoms with Crippen LogP contribution in [0.25, 0.3) is 11.3 Å². The zero-order valence-corrected chi connectivity index (χ0v) is 21.1. The second kappa shape index (κ2) is 10.2. The summed E-state index contributed by atoms with van der Waals surface area (Å²) in [5.74, 6) is 0.0207. The molecule has 2 aromatic heterocycles. The van der Waals surface area contributed by atoms with Crippen molar-refractivity contribution in [2.24, 2.45) is 5.92 Å². The molecule has 0 bridgehead atoms. The number of halogens is 1. The molecule has 2 N–H and O–H groups in total. The number of nitrogens with one attached hydrogen (secondary N) is 1. The Bertz CT molecular complexity index is 1340. The number of nitrogens with zero attached hydrogens (tertiary/aromatic N) is 3. The highest BCUT2D eigenvalue weighted by atomic mass is 35.5. The molecule has 1 aliphatic heterocycles. The first kappa shape index (κ1) is 24.9. The normalized spacial score (nSPS) is 14.7. The number of hydrogen-bond donors (Lipinski definition) is 2. The van der Waals surface area contributed by atoms with E-state index in [1.165, 1.54) is 12.1 Å². The Labute approximate surface area is 210 Å². The molecule has 0 radical (unpaired) electrons. The molecular weight excluding hydrogens is 488 g/mol. The maximum Gasteiger partial charge on any atom is 0.303 e. The average molecular weight is 515 g/mol. The van der Waals surface area contributed by atoms with Crippen molar-refractivity contribution in [3.05, 3.63) is 64.7 Å². The summed E-state index contributed by atoms with van der Waals surface area (Å²) in [7, 11) is -4.00. The SMILES string of the molecule is Cc1cccc(C)c1-c1nc(NS(=O)(=O)c2cccc(N3CCC(CC(=O)O)CC3)n2)ccc1Cl. The molecule has 0 unspecified atom stereocenters. The highest BCUT2D eigenvalue weighted by Gasteiger charge is 2.24. The number of piperidine rings is 1. The smallest absolute Gasteiger partial charge is 0.303 e. The number of aliphatic carboxylic acids is 1. The summed E-state index contributed by atoms with van der Waals surface area (Å²) in [5.41, 5.74) is 3.35. The van der Waals surface area contributed by atoms with E-state index < -0.39 is 16.0 Å². The van der Waals surface area contributed by atoms with Gasteiger partial charge in [-0.2, -0.15) is 8.42 Å². The quantitative estimate of drug-likeness (QED) is 0.460. The van der Waals surface area contributed by atoms with Crippen LogP contribution in [0.3, 0.4) is 0 Å². The number of benzene rings is 1. The summed E-state index contributed by atoms with van der Waals surface area (Å²) in [6.07, 6.45) is 1.59. The standard InChI is InChI=1S/C25H27ClN4O4S/c1-16-5-3-6-17(2)24(16)25-19(26)9-10-20(27-25)29-35(33,34)22-8-4-7-21(28-22)30-13-11-18(12-14-30)15-23(31)32/h3-10,18H,11-15H2,1-2H3,(H,27,29)(H,31,32). The number of carboxylic acids is 1. The maximum atomic E-state index is 13.1. The van der Waals surface area contributed by atoms with E-state index in [0.717, 1.165) is 29.5 Å². The molecule has 3 heterocycles. The molecular formula is C25H27ClN4O4S. The van der Waals surface area contributed by atoms with Crippen LogP contribution in [0, 0.1) is 19.8 Å². The fourth-order valence-electron chi connectivity index (χ4n) is 4.40. The van der Waals surface area contributed by atoms with Crippen LogP contribution in [-0.2, 0) is 14.8 Å². The summed E-state index contributed by atoms with van der Waals surface area (Å²) in [4.78, 5) is 21.8. The predicted molar refractivity (Wildman–Crippen MR) is 136 cm³/mol. The van der Waals surface area contributed by atoms with E-state index in [1.54, 1.807) is 18.2 Å². The fraction of sp³-hybridized carbons (Fsp3) is 0.320. The molecule has 0 saturated carbocycles. The van der Waals surface area contributed by atoms with Gasteiger partial charge in [-0.3, -0.25) is 9.52 Å². The van der Waals surface area contributed by atoms with Gasteiger partial charge < -0.3 is 10.0 Å². The molecule has 1 aromatic carbocycles. The number of rotatable bonds is 7. The first-order valence-corrected chi connectivity index (χ1v) is 13.2. The number of carboxylic acid groups (broad SMARTS) is 1. The second-order valence-electron chi connectivity index (χ2n) is 8.76. The summed E-state index contributed by atoms with van der Waals surface area (Å²) < 4.78 is 28.8.